The lowest BCUT2D eigenvalue weighted by Gasteiger charge is -2.08. The van der Waals surface area contributed by atoms with Crippen LogP contribution >= 0.6 is 0 Å². The predicted octanol–water partition coefficient (Wildman–Crippen LogP) is 2.72. The molecule has 8 heteroatoms. The molecule has 0 fully saturated rings. The van der Waals surface area contributed by atoms with Crippen molar-refractivity contribution < 1.29 is 14.6 Å². The Labute approximate surface area is 166 Å². The highest BCUT2D eigenvalue weighted by Crippen LogP contribution is 2.33. The van der Waals surface area contributed by atoms with Gasteiger partial charge in [-0.2, -0.15) is 4.52 Å². The van der Waals surface area contributed by atoms with Gasteiger partial charge in [-0.05, 0) is 53.9 Å². The second kappa shape index (κ2) is 7.40. The van der Waals surface area contributed by atoms with E-state index in [4.69, 9.17) is 14.6 Å². The Kier molecular flexibility index (Phi) is 4.45. The summed E-state index contributed by atoms with van der Waals surface area (Å²) in [6.07, 6.45) is 1.19. The van der Waals surface area contributed by atoms with Gasteiger partial charge >= 0.3 is 0 Å². The SMILES string of the molecule is OCCc1cccc(Nc2ccc3nnc(Cc4ccc5c(c4)OCO5)n3n2)c1. The van der Waals surface area contributed by atoms with Gasteiger partial charge in [-0.15, -0.1) is 15.3 Å². The van der Waals surface area contributed by atoms with Gasteiger partial charge in [0.1, 0.15) is 0 Å². The van der Waals surface area contributed by atoms with Crippen LogP contribution in [0.4, 0.5) is 11.5 Å². The molecular formula is C21H19N5O3. The molecular weight excluding hydrogens is 370 g/mol. The third-order valence-electron chi connectivity index (χ3n) is 4.73. The number of benzene rings is 2. The molecule has 5 rings (SSSR count). The summed E-state index contributed by atoms with van der Waals surface area (Å²) in [5.74, 6) is 2.92. The molecule has 0 unspecified atom stereocenters. The number of anilines is 2. The van der Waals surface area contributed by atoms with Crippen LogP contribution in [-0.4, -0.2) is 38.3 Å². The molecule has 2 aromatic heterocycles. The summed E-state index contributed by atoms with van der Waals surface area (Å²) in [6, 6.07) is 17.5. The lowest BCUT2D eigenvalue weighted by atomic mass is 10.1. The van der Waals surface area contributed by atoms with Crippen molar-refractivity contribution in [2.75, 3.05) is 18.7 Å². The number of aliphatic hydroxyl groups is 1. The molecule has 1 aliphatic rings. The van der Waals surface area contributed by atoms with Crippen molar-refractivity contribution in [3.05, 3.63) is 71.5 Å². The number of nitrogens with zero attached hydrogens (tertiary/aromatic N) is 4. The molecule has 2 aromatic carbocycles. The summed E-state index contributed by atoms with van der Waals surface area (Å²) in [5.41, 5.74) is 3.69. The van der Waals surface area contributed by atoms with Crippen LogP contribution in [-0.2, 0) is 12.8 Å². The highest BCUT2D eigenvalue weighted by molar-refractivity contribution is 5.58. The van der Waals surface area contributed by atoms with Gasteiger partial charge in [0.15, 0.2) is 28.8 Å². The van der Waals surface area contributed by atoms with Crippen molar-refractivity contribution in [2.45, 2.75) is 12.8 Å². The van der Waals surface area contributed by atoms with Crippen LogP contribution in [0.1, 0.15) is 17.0 Å². The number of aliphatic hydroxyl groups excluding tert-OH is 1. The van der Waals surface area contributed by atoms with Crippen molar-refractivity contribution >= 4 is 17.2 Å². The number of hydrogen-bond donors (Lipinski definition) is 2. The lowest BCUT2D eigenvalue weighted by Crippen LogP contribution is -2.03. The van der Waals surface area contributed by atoms with E-state index in [1.54, 1.807) is 4.52 Å². The highest BCUT2D eigenvalue weighted by Gasteiger charge is 2.15. The Morgan fingerprint density at radius 3 is 2.83 bits per heavy atom. The smallest absolute Gasteiger partial charge is 0.231 e. The van der Waals surface area contributed by atoms with Crippen LogP contribution < -0.4 is 14.8 Å². The van der Waals surface area contributed by atoms with Crippen molar-refractivity contribution in [3.63, 3.8) is 0 Å². The Morgan fingerprint density at radius 1 is 0.966 bits per heavy atom. The van der Waals surface area contributed by atoms with E-state index in [-0.39, 0.29) is 13.4 Å². The van der Waals surface area contributed by atoms with Crippen LogP contribution in [0.2, 0.25) is 0 Å². The summed E-state index contributed by atoms with van der Waals surface area (Å²) >= 11 is 0. The lowest BCUT2D eigenvalue weighted by molar-refractivity contribution is 0.174. The van der Waals surface area contributed by atoms with E-state index in [9.17, 15) is 0 Å². The fourth-order valence-electron chi connectivity index (χ4n) is 3.33. The fraction of sp³-hybridized carbons (Fsp3) is 0.190. The van der Waals surface area contributed by atoms with Crippen molar-refractivity contribution in [3.8, 4) is 11.5 Å². The number of aromatic nitrogens is 4. The number of fused-ring (bicyclic) bond motifs is 2. The monoisotopic (exact) mass is 389 g/mol. The number of rotatable bonds is 6. The van der Waals surface area contributed by atoms with Gasteiger partial charge in [0.25, 0.3) is 0 Å². The number of hydrogen-bond acceptors (Lipinski definition) is 7. The van der Waals surface area contributed by atoms with Crippen LogP contribution in [0.5, 0.6) is 11.5 Å². The van der Waals surface area contributed by atoms with Gasteiger partial charge in [0.2, 0.25) is 6.79 Å². The largest absolute Gasteiger partial charge is 0.454 e. The van der Waals surface area contributed by atoms with Crippen molar-refractivity contribution in [1.82, 2.24) is 19.8 Å². The van der Waals surface area contributed by atoms with Crippen LogP contribution in [0.25, 0.3) is 5.65 Å². The molecule has 0 saturated carbocycles. The number of nitrogens with one attached hydrogen (secondary N) is 1. The second-order valence-corrected chi connectivity index (χ2v) is 6.77. The maximum absolute atomic E-state index is 9.13. The third-order valence-corrected chi connectivity index (χ3v) is 4.73. The minimum Gasteiger partial charge on any atom is -0.454 e. The highest BCUT2D eigenvalue weighted by atomic mass is 16.7. The first kappa shape index (κ1) is 17.4. The molecule has 0 atom stereocenters. The van der Waals surface area contributed by atoms with Gasteiger partial charge in [0.05, 0.1) is 0 Å². The molecule has 1 aliphatic heterocycles. The van der Waals surface area contributed by atoms with Crippen LogP contribution in [0.15, 0.2) is 54.6 Å². The van der Waals surface area contributed by atoms with E-state index < -0.39 is 0 Å². The molecule has 3 heterocycles. The summed E-state index contributed by atoms with van der Waals surface area (Å²) in [6.45, 7) is 0.375. The van der Waals surface area contributed by atoms with Crippen molar-refractivity contribution in [1.29, 1.82) is 0 Å². The van der Waals surface area contributed by atoms with Gasteiger partial charge in [-0.25, -0.2) is 0 Å². The molecule has 146 valence electrons. The molecule has 8 nitrogen and oxygen atoms in total. The summed E-state index contributed by atoms with van der Waals surface area (Å²) in [7, 11) is 0. The minimum atomic E-state index is 0.123. The quantitative estimate of drug-likeness (QED) is 0.524. The van der Waals surface area contributed by atoms with Crippen LogP contribution in [0, 0.1) is 0 Å². The Balaban J connectivity index is 1.41. The number of ether oxygens (including phenoxy) is 2. The molecule has 0 amide bonds. The van der Waals surface area contributed by atoms with Gasteiger partial charge in [0, 0.05) is 18.7 Å². The fourth-order valence-corrected chi connectivity index (χ4v) is 3.33. The topological polar surface area (TPSA) is 93.8 Å². The standard InChI is InChI=1S/C21H19N5O3/c27-9-8-14-2-1-3-16(10-14)22-19-6-7-20-23-24-21(26(20)25-19)12-15-4-5-17-18(11-15)29-13-28-17/h1-7,10-11,27H,8-9,12-13H2,(H,22,25). The first-order chi connectivity index (χ1) is 14.3. The third kappa shape index (κ3) is 3.57. The van der Waals surface area contributed by atoms with E-state index in [1.165, 1.54) is 0 Å². The van der Waals surface area contributed by atoms with E-state index >= 15 is 0 Å². The van der Waals surface area contributed by atoms with E-state index in [0.29, 0.717) is 24.3 Å². The molecule has 4 aromatic rings. The normalized spacial score (nSPS) is 12.4. The zero-order valence-electron chi connectivity index (χ0n) is 15.6. The molecule has 29 heavy (non-hydrogen) atoms. The van der Waals surface area contributed by atoms with Crippen LogP contribution in [0.3, 0.4) is 0 Å². The average Bonchev–Trinajstić information content (AvgIpc) is 3.35. The second-order valence-electron chi connectivity index (χ2n) is 6.77. The zero-order chi connectivity index (χ0) is 19.6. The maximum Gasteiger partial charge on any atom is 0.231 e. The minimum absolute atomic E-state index is 0.123. The predicted molar refractivity (Wildman–Crippen MR) is 107 cm³/mol. The average molecular weight is 389 g/mol. The van der Waals surface area contributed by atoms with Gasteiger partial charge in [-0.3, -0.25) is 0 Å². The first-order valence-electron chi connectivity index (χ1n) is 9.35. The van der Waals surface area contributed by atoms with Crippen molar-refractivity contribution in [2.24, 2.45) is 0 Å². The summed E-state index contributed by atoms with van der Waals surface area (Å²) in [4.78, 5) is 0. The maximum atomic E-state index is 9.13. The molecule has 0 saturated heterocycles. The Morgan fingerprint density at radius 2 is 1.90 bits per heavy atom. The molecule has 0 radical (unpaired) electrons. The zero-order valence-corrected chi connectivity index (χ0v) is 15.6. The Bertz CT molecular complexity index is 1170. The first-order valence-corrected chi connectivity index (χ1v) is 9.35. The molecule has 0 spiro atoms. The molecule has 0 aliphatic carbocycles. The Hall–Kier alpha value is -3.65. The molecule has 0 bridgehead atoms. The summed E-state index contributed by atoms with van der Waals surface area (Å²) < 4.78 is 12.6. The van der Waals surface area contributed by atoms with E-state index in [0.717, 1.165) is 34.1 Å². The van der Waals surface area contributed by atoms with Gasteiger partial charge < -0.3 is 19.9 Å². The van der Waals surface area contributed by atoms with E-state index in [2.05, 4.69) is 20.6 Å². The summed E-state index contributed by atoms with van der Waals surface area (Å²) in [5, 5.41) is 25.6. The van der Waals surface area contributed by atoms with Gasteiger partial charge in [-0.1, -0.05) is 18.2 Å². The van der Waals surface area contributed by atoms with E-state index in [1.807, 2.05) is 54.6 Å². The molecule has 2 N–H and O–H groups in total.